The molecule has 0 aliphatic rings. The van der Waals surface area contributed by atoms with Crippen LogP contribution in [0.3, 0.4) is 0 Å². The van der Waals surface area contributed by atoms with E-state index in [1.165, 1.54) is 0 Å². The van der Waals surface area contributed by atoms with E-state index in [0.29, 0.717) is 52.9 Å². The van der Waals surface area contributed by atoms with Crippen molar-refractivity contribution in [3.05, 3.63) is 0 Å². The van der Waals surface area contributed by atoms with Crippen molar-refractivity contribution < 1.29 is 58.3 Å². The molecule has 0 saturated heterocycles. The average Bonchev–Trinajstić information content (AvgIpc) is 2.83. The maximum atomic E-state index is 8.79. The van der Waals surface area contributed by atoms with Gasteiger partial charge in [0.15, 0.2) is 0 Å². The summed E-state index contributed by atoms with van der Waals surface area (Å²) in [6.07, 6.45) is 0. The Hall–Kier alpha value is -0.480. The van der Waals surface area contributed by atoms with E-state index in [1.54, 1.807) is 0 Å². The van der Waals surface area contributed by atoms with Crippen LogP contribution in [0.1, 0.15) is 0 Å². The molecule has 0 spiro atoms. The number of hydrogen-bond donors (Lipinski definition) is 4. The first-order valence-corrected chi connectivity index (χ1v) is 11.3. The summed E-state index contributed by atoms with van der Waals surface area (Å²) in [5.74, 6) is 0. The third-order valence-electron chi connectivity index (χ3n) is 4.06. The summed E-state index contributed by atoms with van der Waals surface area (Å²) in [5, 5.41) is 35.2. The van der Waals surface area contributed by atoms with Crippen molar-refractivity contribution >= 4 is 0 Å². The molecule has 0 fully saturated rings. The molecule has 0 aliphatic carbocycles. The summed E-state index contributed by atoms with van der Waals surface area (Å²) in [4.78, 5) is 0. The van der Waals surface area contributed by atoms with Crippen LogP contribution < -0.4 is 0 Å². The molecule has 0 aromatic rings. The molecular weight excluding hydrogens is 444 g/mol. The van der Waals surface area contributed by atoms with Crippen molar-refractivity contribution in [3.8, 4) is 0 Å². The van der Waals surface area contributed by atoms with Gasteiger partial charge in [0.05, 0.1) is 138 Å². The van der Waals surface area contributed by atoms with Gasteiger partial charge in [-0.05, 0) is 0 Å². The molecule has 0 atom stereocenters. The van der Waals surface area contributed by atoms with Crippen LogP contribution in [-0.4, -0.2) is 153 Å². The van der Waals surface area contributed by atoms with Crippen molar-refractivity contribution in [1.82, 2.24) is 0 Å². The second-order valence-electron chi connectivity index (χ2n) is 7.05. The van der Waals surface area contributed by atoms with Gasteiger partial charge in [0.25, 0.3) is 0 Å². The predicted octanol–water partition coefficient (Wildman–Crippen LogP) is -1.93. The van der Waals surface area contributed by atoms with E-state index in [1.807, 2.05) is 0 Å². The molecule has 200 valence electrons. The number of aliphatic hydroxyl groups excluding tert-OH is 4. The highest BCUT2D eigenvalue weighted by atomic mass is 16.6. The van der Waals surface area contributed by atoms with Gasteiger partial charge in [0.1, 0.15) is 0 Å². The van der Waals surface area contributed by atoms with E-state index in [-0.39, 0.29) is 79.3 Å². The lowest BCUT2D eigenvalue weighted by Crippen LogP contribution is -2.43. The molecule has 0 bridgehead atoms. The summed E-state index contributed by atoms with van der Waals surface area (Å²) in [6, 6.07) is 0. The molecule has 33 heavy (non-hydrogen) atoms. The fraction of sp³-hybridized carbons (Fsp3) is 1.00. The Labute approximate surface area is 196 Å². The topological polar surface area (TPSA) is 155 Å². The smallest absolute Gasteiger partial charge is 0.0701 e. The third kappa shape index (κ3) is 21.8. The summed E-state index contributed by atoms with van der Waals surface area (Å²) in [7, 11) is 0. The second-order valence-corrected chi connectivity index (χ2v) is 7.05. The third-order valence-corrected chi connectivity index (χ3v) is 4.06. The number of hydrogen-bond acceptors (Lipinski definition) is 12. The second kappa shape index (κ2) is 26.1. The van der Waals surface area contributed by atoms with Crippen molar-refractivity contribution in [2.24, 2.45) is 5.41 Å². The average molecular weight is 489 g/mol. The van der Waals surface area contributed by atoms with E-state index in [2.05, 4.69) is 0 Å². The monoisotopic (exact) mass is 488 g/mol. The van der Waals surface area contributed by atoms with Crippen LogP contribution >= 0.6 is 0 Å². The quantitative estimate of drug-likeness (QED) is 0.0907. The zero-order valence-electron chi connectivity index (χ0n) is 19.7. The van der Waals surface area contributed by atoms with Crippen LogP contribution in [0.4, 0.5) is 0 Å². The molecule has 0 heterocycles. The Morgan fingerprint density at radius 2 is 0.515 bits per heavy atom. The fourth-order valence-electron chi connectivity index (χ4n) is 2.54. The molecule has 0 radical (unpaired) electrons. The zero-order valence-corrected chi connectivity index (χ0v) is 19.7. The van der Waals surface area contributed by atoms with E-state index in [0.717, 1.165) is 0 Å². The van der Waals surface area contributed by atoms with Crippen LogP contribution in [0.2, 0.25) is 0 Å². The molecule has 0 amide bonds. The van der Waals surface area contributed by atoms with Crippen LogP contribution in [0.15, 0.2) is 0 Å². The van der Waals surface area contributed by atoms with Gasteiger partial charge in [-0.25, -0.2) is 0 Å². The van der Waals surface area contributed by atoms with E-state index >= 15 is 0 Å². The molecule has 0 rings (SSSR count). The molecule has 0 aromatic heterocycles. The Bertz CT molecular complexity index is 306. The first-order valence-electron chi connectivity index (χ1n) is 11.3. The first-order chi connectivity index (χ1) is 16.2. The predicted molar refractivity (Wildman–Crippen MR) is 117 cm³/mol. The Balaban J connectivity index is 4.74. The lowest BCUT2D eigenvalue weighted by atomic mass is 9.92. The van der Waals surface area contributed by atoms with Crippen LogP contribution in [-0.2, 0) is 37.9 Å². The summed E-state index contributed by atoms with van der Waals surface area (Å²) < 4.78 is 44.1. The Kier molecular flexibility index (Phi) is 25.8. The van der Waals surface area contributed by atoms with Crippen molar-refractivity contribution in [2.75, 3.05) is 132 Å². The molecule has 0 aromatic carbocycles. The van der Waals surface area contributed by atoms with Gasteiger partial charge in [0.2, 0.25) is 0 Å². The Morgan fingerprint density at radius 1 is 0.303 bits per heavy atom. The number of rotatable bonds is 28. The molecule has 0 aliphatic heterocycles. The minimum atomic E-state index is -0.623. The molecule has 4 N–H and O–H groups in total. The van der Waals surface area contributed by atoms with Crippen molar-refractivity contribution in [3.63, 3.8) is 0 Å². The molecule has 0 saturated carbocycles. The first kappa shape index (κ1) is 32.5. The lowest BCUT2D eigenvalue weighted by molar-refractivity contribution is -0.122. The largest absolute Gasteiger partial charge is 0.394 e. The fourth-order valence-corrected chi connectivity index (χ4v) is 2.54. The maximum Gasteiger partial charge on any atom is 0.0701 e. The van der Waals surface area contributed by atoms with E-state index in [4.69, 9.17) is 58.3 Å². The normalized spacial score (nSPS) is 12.0. The van der Waals surface area contributed by atoms with Gasteiger partial charge >= 0.3 is 0 Å². The minimum Gasteiger partial charge on any atom is -0.394 e. The standard InChI is InChI=1S/C21H44O12/c22-1-5-26-9-13-30-17-21(18-31-14-10-27-6-2-23,19-32-15-11-28-7-3-24)20-33-16-12-29-8-4-25/h22-25H,1-20H2. The van der Waals surface area contributed by atoms with Gasteiger partial charge in [-0.3, -0.25) is 0 Å². The van der Waals surface area contributed by atoms with Gasteiger partial charge in [-0.2, -0.15) is 0 Å². The lowest BCUT2D eigenvalue weighted by Gasteiger charge is -2.33. The molecule has 12 nitrogen and oxygen atoms in total. The van der Waals surface area contributed by atoms with E-state index < -0.39 is 5.41 Å². The molecule has 12 heteroatoms. The molecule has 0 unspecified atom stereocenters. The molecular formula is C21H44O12. The van der Waals surface area contributed by atoms with Crippen molar-refractivity contribution in [1.29, 1.82) is 0 Å². The van der Waals surface area contributed by atoms with Crippen LogP contribution in [0.5, 0.6) is 0 Å². The Morgan fingerprint density at radius 3 is 0.727 bits per heavy atom. The van der Waals surface area contributed by atoms with Gasteiger partial charge in [0, 0.05) is 0 Å². The van der Waals surface area contributed by atoms with E-state index in [9.17, 15) is 0 Å². The maximum absolute atomic E-state index is 8.79. The van der Waals surface area contributed by atoms with Gasteiger partial charge in [-0.15, -0.1) is 0 Å². The number of aliphatic hydroxyl groups is 4. The highest BCUT2D eigenvalue weighted by molar-refractivity contribution is 4.79. The highest BCUT2D eigenvalue weighted by Gasteiger charge is 2.32. The van der Waals surface area contributed by atoms with Crippen LogP contribution in [0.25, 0.3) is 0 Å². The minimum absolute atomic E-state index is 0.0471. The van der Waals surface area contributed by atoms with Crippen LogP contribution in [0, 0.1) is 5.41 Å². The summed E-state index contributed by atoms with van der Waals surface area (Å²) in [6.45, 7) is 4.65. The summed E-state index contributed by atoms with van der Waals surface area (Å²) in [5.41, 5.74) is -0.623. The van der Waals surface area contributed by atoms with Crippen molar-refractivity contribution in [2.45, 2.75) is 0 Å². The summed E-state index contributed by atoms with van der Waals surface area (Å²) >= 11 is 0. The SMILES string of the molecule is OCCOCCOCC(COCCOCCO)(COCCOCCO)COCCOCCO. The number of ether oxygens (including phenoxy) is 8. The highest BCUT2D eigenvalue weighted by Crippen LogP contribution is 2.21. The zero-order chi connectivity index (χ0) is 24.3. The van der Waals surface area contributed by atoms with Gasteiger partial charge < -0.3 is 58.3 Å². The van der Waals surface area contributed by atoms with Gasteiger partial charge in [-0.1, -0.05) is 0 Å².